The summed E-state index contributed by atoms with van der Waals surface area (Å²) in [6.45, 7) is 5.79. The molecular formula is C13H21ClN2O4. The quantitative estimate of drug-likeness (QED) is 0.748. The van der Waals surface area contributed by atoms with Gasteiger partial charge in [-0.25, -0.2) is 4.79 Å². The molecule has 0 aromatic rings. The number of ether oxygens (including phenoxy) is 1. The van der Waals surface area contributed by atoms with Crippen molar-refractivity contribution in [1.82, 2.24) is 10.6 Å². The van der Waals surface area contributed by atoms with Gasteiger partial charge in [0.05, 0.1) is 11.9 Å². The lowest BCUT2D eigenvalue weighted by atomic mass is 9.96. The minimum atomic E-state index is -0.795. The Morgan fingerprint density at radius 3 is 2.60 bits per heavy atom. The van der Waals surface area contributed by atoms with Gasteiger partial charge < -0.3 is 15.4 Å². The molecule has 0 bridgehead atoms. The molecule has 0 saturated carbocycles. The monoisotopic (exact) mass is 304 g/mol. The van der Waals surface area contributed by atoms with E-state index in [1.54, 1.807) is 20.8 Å². The molecule has 6 nitrogen and oxygen atoms in total. The third kappa shape index (κ3) is 5.36. The van der Waals surface area contributed by atoms with Gasteiger partial charge in [-0.1, -0.05) is 0 Å². The smallest absolute Gasteiger partial charge is 0.408 e. The predicted octanol–water partition coefficient (Wildman–Crippen LogP) is 1.21. The van der Waals surface area contributed by atoms with Crippen LogP contribution in [-0.4, -0.2) is 41.9 Å². The van der Waals surface area contributed by atoms with Gasteiger partial charge in [0.2, 0.25) is 5.91 Å². The van der Waals surface area contributed by atoms with Crippen molar-refractivity contribution in [3.63, 3.8) is 0 Å². The Balaban J connectivity index is 2.62. The molecular weight excluding hydrogens is 284 g/mol. The number of nitrogens with one attached hydrogen (secondary N) is 2. The Kier molecular flexibility index (Phi) is 5.80. The van der Waals surface area contributed by atoms with Crippen LogP contribution in [0.15, 0.2) is 0 Å². The number of alkyl carbamates (subject to hydrolysis) is 1. The van der Waals surface area contributed by atoms with Gasteiger partial charge in [0.25, 0.3) is 0 Å². The van der Waals surface area contributed by atoms with Gasteiger partial charge in [0.15, 0.2) is 5.78 Å². The fraction of sp³-hybridized carbons (Fsp3) is 0.769. The van der Waals surface area contributed by atoms with E-state index in [2.05, 4.69) is 10.6 Å². The van der Waals surface area contributed by atoms with Crippen LogP contribution in [0.1, 0.15) is 33.6 Å². The number of carbonyl (C=O) groups excluding carboxylic acids is 3. The van der Waals surface area contributed by atoms with Gasteiger partial charge in [-0.15, -0.1) is 11.6 Å². The number of amides is 2. The molecule has 0 spiro atoms. The molecule has 114 valence electrons. The first-order valence-corrected chi connectivity index (χ1v) is 7.12. The van der Waals surface area contributed by atoms with Crippen LogP contribution >= 0.6 is 11.6 Å². The van der Waals surface area contributed by atoms with E-state index >= 15 is 0 Å². The Morgan fingerprint density at radius 2 is 2.15 bits per heavy atom. The van der Waals surface area contributed by atoms with Crippen LogP contribution in [0, 0.1) is 5.92 Å². The molecule has 0 aliphatic carbocycles. The summed E-state index contributed by atoms with van der Waals surface area (Å²) in [4.78, 5) is 35.0. The van der Waals surface area contributed by atoms with Crippen molar-refractivity contribution in [2.24, 2.45) is 5.92 Å². The molecule has 20 heavy (non-hydrogen) atoms. The zero-order chi connectivity index (χ0) is 15.3. The number of hydrogen-bond donors (Lipinski definition) is 2. The fourth-order valence-electron chi connectivity index (χ4n) is 1.97. The number of carbonyl (C=O) groups is 3. The SMILES string of the molecule is CC(C)(C)OC(=O)N[C@@H](CC1CCNC1=O)C(=O)CCl. The number of ketones is 1. The Bertz CT molecular complexity index is 392. The molecule has 1 saturated heterocycles. The second kappa shape index (κ2) is 6.92. The molecule has 1 rings (SSSR count). The van der Waals surface area contributed by atoms with E-state index in [1.807, 2.05) is 0 Å². The first-order valence-electron chi connectivity index (χ1n) is 6.59. The number of hydrogen-bond acceptors (Lipinski definition) is 4. The number of halogens is 1. The highest BCUT2D eigenvalue weighted by Gasteiger charge is 2.31. The van der Waals surface area contributed by atoms with Crippen molar-refractivity contribution >= 4 is 29.4 Å². The summed E-state index contributed by atoms with van der Waals surface area (Å²) >= 11 is 5.54. The van der Waals surface area contributed by atoms with Gasteiger partial charge >= 0.3 is 6.09 Å². The lowest BCUT2D eigenvalue weighted by Gasteiger charge is -2.23. The molecule has 0 aromatic carbocycles. The van der Waals surface area contributed by atoms with Crippen LogP contribution in [0.25, 0.3) is 0 Å². The van der Waals surface area contributed by atoms with Crippen molar-refractivity contribution in [3.05, 3.63) is 0 Å². The van der Waals surface area contributed by atoms with E-state index in [0.29, 0.717) is 13.0 Å². The molecule has 2 amide bonds. The third-order valence-electron chi connectivity index (χ3n) is 2.89. The van der Waals surface area contributed by atoms with Gasteiger partial charge in [-0.2, -0.15) is 0 Å². The van der Waals surface area contributed by atoms with Crippen LogP contribution < -0.4 is 10.6 Å². The van der Waals surface area contributed by atoms with Crippen LogP contribution in [0.3, 0.4) is 0 Å². The first kappa shape index (κ1) is 16.8. The lowest BCUT2D eigenvalue weighted by Crippen LogP contribution is -2.45. The summed E-state index contributed by atoms with van der Waals surface area (Å²) in [6.07, 6.45) is 0.219. The minimum absolute atomic E-state index is 0.0941. The van der Waals surface area contributed by atoms with E-state index < -0.39 is 17.7 Å². The van der Waals surface area contributed by atoms with Crippen molar-refractivity contribution in [2.45, 2.75) is 45.3 Å². The highest BCUT2D eigenvalue weighted by Crippen LogP contribution is 2.17. The standard InChI is InChI=1S/C13H21ClN2O4/c1-13(2,3)20-12(19)16-9(10(17)7-14)6-8-4-5-15-11(8)18/h8-9H,4-7H2,1-3H3,(H,15,18)(H,16,19)/t8?,9-/m0/s1. The molecule has 2 N–H and O–H groups in total. The van der Waals surface area contributed by atoms with E-state index in [1.165, 1.54) is 0 Å². The number of rotatable bonds is 5. The predicted molar refractivity (Wildman–Crippen MR) is 74.6 cm³/mol. The van der Waals surface area contributed by atoms with Crippen molar-refractivity contribution < 1.29 is 19.1 Å². The van der Waals surface area contributed by atoms with Crippen LogP contribution in [0.5, 0.6) is 0 Å². The zero-order valence-corrected chi connectivity index (χ0v) is 12.8. The maximum absolute atomic E-state index is 11.8. The highest BCUT2D eigenvalue weighted by molar-refractivity contribution is 6.28. The maximum atomic E-state index is 11.8. The van der Waals surface area contributed by atoms with Crippen LogP contribution in [-0.2, 0) is 14.3 Å². The molecule has 7 heteroatoms. The van der Waals surface area contributed by atoms with Crippen LogP contribution in [0.4, 0.5) is 4.79 Å². The summed E-state index contributed by atoms with van der Waals surface area (Å²) in [7, 11) is 0. The van der Waals surface area contributed by atoms with Crippen molar-refractivity contribution in [3.8, 4) is 0 Å². The lowest BCUT2D eigenvalue weighted by molar-refractivity contribution is -0.123. The normalized spacial score (nSPS) is 20.2. The summed E-state index contributed by atoms with van der Waals surface area (Å²) < 4.78 is 5.11. The molecule has 1 heterocycles. The Hall–Kier alpha value is -1.30. The van der Waals surface area contributed by atoms with Crippen LogP contribution in [0.2, 0.25) is 0 Å². The number of alkyl halides is 1. The van der Waals surface area contributed by atoms with E-state index in [9.17, 15) is 14.4 Å². The second-order valence-electron chi connectivity index (χ2n) is 5.81. The second-order valence-corrected chi connectivity index (χ2v) is 6.08. The average molecular weight is 305 g/mol. The fourth-order valence-corrected chi connectivity index (χ4v) is 2.15. The summed E-state index contributed by atoms with van der Waals surface area (Å²) in [6, 6.07) is -0.795. The molecule has 1 aliphatic heterocycles. The number of Topliss-reactive ketones (excluding diaryl/α,β-unsaturated/α-hetero) is 1. The molecule has 2 atom stereocenters. The zero-order valence-electron chi connectivity index (χ0n) is 12.0. The van der Waals surface area contributed by atoms with Crippen molar-refractivity contribution in [2.75, 3.05) is 12.4 Å². The average Bonchev–Trinajstić information content (AvgIpc) is 2.70. The molecule has 1 unspecified atom stereocenters. The van der Waals surface area contributed by atoms with Gasteiger partial charge in [-0.3, -0.25) is 9.59 Å². The molecule has 1 fully saturated rings. The summed E-state index contributed by atoms with van der Waals surface area (Å²) in [5.74, 6) is -0.905. The highest BCUT2D eigenvalue weighted by atomic mass is 35.5. The molecule has 0 radical (unpaired) electrons. The van der Waals surface area contributed by atoms with E-state index in [0.717, 1.165) is 0 Å². The first-order chi connectivity index (χ1) is 9.23. The van der Waals surface area contributed by atoms with Gasteiger partial charge in [0, 0.05) is 12.5 Å². The van der Waals surface area contributed by atoms with Gasteiger partial charge in [0.1, 0.15) is 5.60 Å². The summed E-state index contributed by atoms with van der Waals surface area (Å²) in [5, 5.41) is 5.19. The maximum Gasteiger partial charge on any atom is 0.408 e. The van der Waals surface area contributed by atoms with E-state index in [4.69, 9.17) is 16.3 Å². The Labute approximate surface area is 123 Å². The third-order valence-corrected chi connectivity index (χ3v) is 3.16. The molecule has 0 aromatic heterocycles. The largest absolute Gasteiger partial charge is 0.444 e. The summed E-state index contributed by atoms with van der Waals surface area (Å²) in [5.41, 5.74) is -0.649. The van der Waals surface area contributed by atoms with Gasteiger partial charge in [-0.05, 0) is 33.6 Å². The molecule has 1 aliphatic rings. The Morgan fingerprint density at radius 1 is 1.50 bits per heavy atom. The topological polar surface area (TPSA) is 84.5 Å². The van der Waals surface area contributed by atoms with Crippen molar-refractivity contribution in [1.29, 1.82) is 0 Å². The minimum Gasteiger partial charge on any atom is -0.444 e. The van der Waals surface area contributed by atoms with E-state index in [-0.39, 0.29) is 29.9 Å².